The van der Waals surface area contributed by atoms with Crippen LogP contribution in [0.5, 0.6) is 5.75 Å². The Bertz CT molecular complexity index is 866. The van der Waals surface area contributed by atoms with Crippen LogP contribution in [0.25, 0.3) is 11.3 Å². The Morgan fingerprint density at radius 3 is 2.88 bits per heavy atom. The zero-order valence-electron chi connectivity index (χ0n) is 14.6. The Morgan fingerprint density at radius 2 is 2.20 bits per heavy atom. The Labute approximate surface area is 146 Å². The minimum atomic E-state index is -0.213. The van der Waals surface area contributed by atoms with Crippen LogP contribution in [0.3, 0.4) is 0 Å². The third-order valence-electron chi connectivity index (χ3n) is 3.79. The van der Waals surface area contributed by atoms with Crippen LogP contribution in [-0.2, 0) is 7.05 Å². The van der Waals surface area contributed by atoms with Crippen molar-refractivity contribution in [3.8, 4) is 17.0 Å². The molecule has 0 fully saturated rings. The second-order valence-corrected chi connectivity index (χ2v) is 5.86. The minimum absolute atomic E-state index is 0.213. The molecule has 2 heterocycles. The standard InChI is InChI=1S/C19H21N3O3/c1-4-8-25-15-5-6-17(13(2)10-15)20-19(23)16-11-22(3)21-18(16)14-7-9-24-12-14/h5-7,9-12H,4,8H2,1-3H3,(H,20,23). The summed E-state index contributed by atoms with van der Waals surface area (Å²) in [5.41, 5.74) is 3.54. The number of hydrogen-bond donors (Lipinski definition) is 1. The van der Waals surface area contributed by atoms with Gasteiger partial charge >= 0.3 is 0 Å². The number of hydrogen-bond acceptors (Lipinski definition) is 4. The largest absolute Gasteiger partial charge is 0.494 e. The molecule has 0 spiro atoms. The van der Waals surface area contributed by atoms with Gasteiger partial charge in [-0.2, -0.15) is 5.10 Å². The molecule has 0 saturated carbocycles. The molecule has 3 aromatic rings. The minimum Gasteiger partial charge on any atom is -0.494 e. The molecule has 3 rings (SSSR count). The molecule has 2 aromatic heterocycles. The summed E-state index contributed by atoms with van der Waals surface area (Å²) in [4.78, 5) is 12.7. The first kappa shape index (κ1) is 16.8. The molecule has 25 heavy (non-hydrogen) atoms. The fourth-order valence-corrected chi connectivity index (χ4v) is 2.54. The molecule has 0 aliphatic carbocycles. The lowest BCUT2D eigenvalue weighted by atomic mass is 10.1. The van der Waals surface area contributed by atoms with E-state index in [0.29, 0.717) is 17.9 Å². The Balaban J connectivity index is 1.81. The zero-order valence-corrected chi connectivity index (χ0v) is 14.6. The fraction of sp³-hybridized carbons (Fsp3) is 0.263. The van der Waals surface area contributed by atoms with Crippen molar-refractivity contribution in [2.24, 2.45) is 7.05 Å². The maximum absolute atomic E-state index is 12.7. The lowest BCUT2D eigenvalue weighted by Gasteiger charge is -2.11. The van der Waals surface area contributed by atoms with E-state index in [9.17, 15) is 4.79 Å². The smallest absolute Gasteiger partial charge is 0.259 e. The predicted molar refractivity (Wildman–Crippen MR) is 95.8 cm³/mol. The van der Waals surface area contributed by atoms with Crippen LogP contribution < -0.4 is 10.1 Å². The number of carbonyl (C=O) groups excluding carboxylic acids is 1. The molecule has 0 unspecified atom stereocenters. The Kier molecular flexibility index (Phi) is 4.88. The first-order valence-electron chi connectivity index (χ1n) is 8.19. The van der Waals surface area contributed by atoms with Gasteiger partial charge in [0.1, 0.15) is 11.4 Å². The molecule has 0 saturated heterocycles. The van der Waals surface area contributed by atoms with Crippen molar-refractivity contribution in [3.05, 3.63) is 54.1 Å². The lowest BCUT2D eigenvalue weighted by molar-refractivity contribution is 0.102. The van der Waals surface area contributed by atoms with Crippen LogP contribution >= 0.6 is 0 Å². The molecular weight excluding hydrogens is 318 g/mol. The Hall–Kier alpha value is -3.02. The lowest BCUT2D eigenvalue weighted by Crippen LogP contribution is -2.13. The van der Waals surface area contributed by atoms with Gasteiger partial charge in [0.05, 0.1) is 24.7 Å². The van der Waals surface area contributed by atoms with Gasteiger partial charge in [-0.25, -0.2) is 0 Å². The normalized spacial score (nSPS) is 10.7. The van der Waals surface area contributed by atoms with E-state index in [1.165, 1.54) is 0 Å². The van der Waals surface area contributed by atoms with E-state index >= 15 is 0 Å². The molecule has 1 aromatic carbocycles. The third kappa shape index (κ3) is 3.74. The SMILES string of the molecule is CCCOc1ccc(NC(=O)c2cn(C)nc2-c2ccoc2)c(C)c1. The summed E-state index contributed by atoms with van der Waals surface area (Å²) in [5.74, 6) is 0.590. The molecule has 0 atom stereocenters. The van der Waals surface area contributed by atoms with Crippen LogP contribution in [0.4, 0.5) is 5.69 Å². The first-order chi connectivity index (χ1) is 12.1. The van der Waals surface area contributed by atoms with Gasteiger partial charge in [-0.05, 0) is 43.2 Å². The molecule has 0 aliphatic heterocycles. The summed E-state index contributed by atoms with van der Waals surface area (Å²) in [7, 11) is 1.78. The van der Waals surface area contributed by atoms with Crippen molar-refractivity contribution in [1.29, 1.82) is 0 Å². The van der Waals surface area contributed by atoms with Crippen molar-refractivity contribution in [3.63, 3.8) is 0 Å². The molecular formula is C19H21N3O3. The van der Waals surface area contributed by atoms with E-state index in [2.05, 4.69) is 17.3 Å². The average Bonchev–Trinajstić information content (AvgIpc) is 3.24. The van der Waals surface area contributed by atoms with Gasteiger partial charge in [0.15, 0.2) is 0 Å². The van der Waals surface area contributed by atoms with E-state index in [-0.39, 0.29) is 5.91 Å². The number of aryl methyl sites for hydroxylation is 2. The maximum atomic E-state index is 12.7. The van der Waals surface area contributed by atoms with Crippen LogP contribution in [0.2, 0.25) is 0 Å². The number of amides is 1. The van der Waals surface area contributed by atoms with Crippen LogP contribution in [-0.4, -0.2) is 22.3 Å². The van der Waals surface area contributed by atoms with Gasteiger partial charge in [-0.3, -0.25) is 9.48 Å². The topological polar surface area (TPSA) is 69.3 Å². The number of anilines is 1. The van der Waals surface area contributed by atoms with Gasteiger partial charge in [0, 0.05) is 24.5 Å². The highest BCUT2D eigenvalue weighted by molar-refractivity contribution is 6.08. The van der Waals surface area contributed by atoms with E-state index < -0.39 is 0 Å². The summed E-state index contributed by atoms with van der Waals surface area (Å²) in [6.07, 6.45) is 5.79. The summed E-state index contributed by atoms with van der Waals surface area (Å²) >= 11 is 0. The second kappa shape index (κ2) is 7.25. The van der Waals surface area contributed by atoms with E-state index in [1.54, 1.807) is 36.5 Å². The molecule has 1 amide bonds. The van der Waals surface area contributed by atoms with E-state index in [4.69, 9.17) is 9.15 Å². The van der Waals surface area contributed by atoms with Crippen molar-refractivity contribution >= 4 is 11.6 Å². The zero-order chi connectivity index (χ0) is 17.8. The molecule has 6 nitrogen and oxygen atoms in total. The molecule has 130 valence electrons. The number of carbonyl (C=O) groups is 1. The van der Waals surface area contributed by atoms with Gasteiger partial charge in [0.25, 0.3) is 5.91 Å². The van der Waals surface area contributed by atoms with Crippen LogP contribution in [0.1, 0.15) is 29.3 Å². The van der Waals surface area contributed by atoms with Gasteiger partial charge in [-0.15, -0.1) is 0 Å². The number of nitrogens with one attached hydrogen (secondary N) is 1. The van der Waals surface area contributed by atoms with Gasteiger partial charge < -0.3 is 14.5 Å². The summed E-state index contributed by atoms with van der Waals surface area (Å²) < 4.78 is 12.3. The first-order valence-corrected chi connectivity index (χ1v) is 8.19. The predicted octanol–water partition coefficient (Wildman–Crippen LogP) is 4.03. The molecule has 0 aliphatic rings. The van der Waals surface area contributed by atoms with E-state index in [0.717, 1.165) is 29.0 Å². The van der Waals surface area contributed by atoms with Gasteiger partial charge in [-0.1, -0.05) is 6.92 Å². The van der Waals surface area contributed by atoms with Crippen molar-refractivity contribution in [2.45, 2.75) is 20.3 Å². The highest BCUT2D eigenvalue weighted by Crippen LogP contribution is 2.25. The number of ether oxygens (including phenoxy) is 1. The highest BCUT2D eigenvalue weighted by Gasteiger charge is 2.18. The summed E-state index contributed by atoms with van der Waals surface area (Å²) in [6, 6.07) is 7.42. The van der Waals surface area contributed by atoms with Crippen molar-refractivity contribution in [1.82, 2.24) is 9.78 Å². The van der Waals surface area contributed by atoms with E-state index in [1.807, 2.05) is 25.1 Å². The summed E-state index contributed by atoms with van der Waals surface area (Å²) in [5, 5.41) is 7.31. The van der Waals surface area contributed by atoms with Crippen molar-refractivity contribution in [2.75, 3.05) is 11.9 Å². The number of furan rings is 1. The highest BCUT2D eigenvalue weighted by atomic mass is 16.5. The molecule has 6 heteroatoms. The van der Waals surface area contributed by atoms with Gasteiger partial charge in [0.2, 0.25) is 0 Å². The Morgan fingerprint density at radius 1 is 1.36 bits per heavy atom. The number of benzene rings is 1. The third-order valence-corrected chi connectivity index (χ3v) is 3.79. The molecule has 0 bridgehead atoms. The van der Waals surface area contributed by atoms with Crippen LogP contribution in [0, 0.1) is 6.92 Å². The number of rotatable bonds is 6. The van der Waals surface area contributed by atoms with Crippen molar-refractivity contribution < 1.29 is 13.9 Å². The fourth-order valence-electron chi connectivity index (χ4n) is 2.54. The van der Waals surface area contributed by atoms with Crippen LogP contribution in [0.15, 0.2) is 47.4 Å². The summed E-state index contributed by atoms with van der Waals surface area (Å²) in [6.45, 7) is 4.68. The average molecular weight is 339 g/mol. The monoisotopic (exact) mass is 339 g/mol. The number of aromatic nitrogens is 2. The molecule has 1 N–H and O–H groups in total. The molecule has 0 radical (unpaired) electrons. The second-order valence-electron chi connectivity index (χ2n) is 5.86. The quantitative estimate of drug-likeness (QED) is 0.736. The maximum Gasteiger partial charge on any atom is 0.259 e. The number of nitrogens with zero attached hydrogens (tertiary/aromatic N) is 2.